The van der Waals surface area contributed by atoms with Gasteiger partial charge in [-0.25, -0.2) is 4.79 Å². The van der Waals surface area contributed by atoms with Crippen molar-refractivity contribution in [1.29, 1.82) is 0 Å². The largest absolute Gasteiger partial charge is 0.481 e. The topological polar surface area (TPSA) is 78.9 Å². The molecular formula is C17H30N2O4. The highest BCUT2D eigenvalue weighted by Crippen LogP contribution is 2.28. The first kappa shape index (κ1) is 18.0. The van der Waals surface area contributed by atoms with Gasteiger partial charge in [0.15, 0.2) is 0 Å². The third kappa shape index (κ3) is 4.83. The van der Waals surface area contributed by atoms with Crippen molar-refractivity contribution < 1.29 is 19.4 Å². The number of carbonyl (C=O) groups excluding carboxylic acids is 1. The van der Waals surface area contributed by atoms with E-state index in [-0.39, 0.29) is 29.6 Å². The van der Waals surface area contributed by atoms with Crippen molar-refractivity contribution >= 4 is 12.0 Å². The fraction of sp³-hybridized carbons (Fsp3) is 0.882. The molecule has 0 bridgehead atoms. The first-order valence-electron chi connectivity index (χ1n) is 8.76. The fourth-order valence-electron chi connectivity index (χ4n) is 3.78. The Bertz CT molecular complexity index is 430. The van der Waals surface area contributed by atoms with E-state index in [4.69, 9.17) is 9.84 Å². The van der Waals surface area contributed by atoms with Crippen LogP contribution in [0.5, 0.6) is 0 Å². The Labute approximate surface area is 138 Å². The Morgan fingerprint density at radius 1 is 1.22 bits per heavy atom. The number of carbonyl (C=O) groups is 2. The fourth-order valence-corrected chi connectivity index (χ4v) is 3.78. The second-order valence-electron chi connectivity index (χ2n) is 7.38. The maximum atomic E-state index is 12.6. The van der Waals surface area contributed by atoms with E-state index in [2.05, 4.69) is 19.2 Å². The Balaban J connectivity index is 1.87. The van der Waals surface area contributed by atoms with Gasteiger partial charge in [0.05, 0.1) is 11.5 Å². The van der Waals surface area contributed by atoms with E-state index in [0.29, 0.717) is 26.0 Å². The third-order valence-electron chi connectivity index (χ3n) is 5.12. The molecule has 1 aliphatic carbocycles. The molecule has 6 nitrogen and oxygen atoms in total. The number of ether oxygens (including phenoxy) is 1. The van der Waals surface area contributed by atoms with Crippen molar-refractivity contribution in [2.45, 2.75) is 77.0 Å². The van der Waals surface area contributed by atoms with E-state index in [9.17, 15) is 9.59 Å². The molecule has 23 heavy (non-hydrogen) atoms. The standard InChI is InChI=1S/C17H30N2O4/c1-4-19(14-9-10-23-17(2,3)11-14)16(22)18-13-7-5-12(6-8-13)15(20)21/h12-14H,4-11H2,1-3H3,(H,18,22)(H,20,21). The third-order valence-corrected chi connectivity index (χ3v) is 5.12. The first-order chi connectivity index (χ1) is 10.8. The van der Waals surface area contributed by atoms with E-state index in [0.717, 1.165) is 25.7 Å². The maximum Gasteiger partial charge on any atom is 0.317 e. The van der Waals surface area contributed by atoms with Crippen molar-refractivity contribution in [3.63, 3.8) is 0 Å². The monoisotopic (exact) mass is 326 g/mol. The number of nitrogens with zero attached hydrogens (tertiary/aromatic N) is 1. The average molecular weight is 326 g/mol. The van der Waals surface area contributed by atoms with E-state index in [1.165, 1.54) is 0 Å². The van der Waals surface area contributed by atoms with Crippen molar-refractivity contribution in [3.8, 4) is 0 Å². The molecule has 1 heterocycles. The SMILES string of the molecule is CCN(C(=O)NC1CCC(C(=O)O)CC1)C1CCOC(C)(C)C1. The minimum atomic E-state index is -0.714. The molecule has 2 amide bonds. The van der Waals surface area contributed by atoms with Gasteiger partial charge in [0.2, 0.25) is 0 Å². The second-order valence-corrected chi connectivity index (χ2v) is 7.38. The van der Waals surface area contributed by atoms with Gasteiger partial charge in [0.25, 0.3) is 0 Å². The zero-order chi connectivity index (χ0) is 17.0. The second kappa shape index (κ2) is 7.51. The zero-order valence-electron chi connectivity index (χ0n) is 14.5. The van der Waals surface area contributed by atoms with E-state index in [1.807, 2.05) is 11.8 Å². The van der Waals surface area contributed by atoms with Crippen LogP contribution in [0.3, 0.4) is 0 Å². The molecule has 132 valence electrons. The highest BCUT2D eigenvalue weighted by molar-refractivity contribution is 5.75. The van der Waals surface area contributed by atoms with Crippen LogP contribution in [0.4, 0.5) is 4.79 Å². The van der Waals surface area contributed by atoms with Crippen molar-refractivity contribution in [2.75, 3.05) is 13.2 Å². The van der Waals surface area contributed by atoms with Gasteiger partial charge < -0.3 is 20.1 Å². The summed E-state index contributed by atoms with van der Waals surface area (Å²) in [5, 5.41) is 12.2. The number of hydrogen-bond donors (Lipinski definition) is 2. The lowest BCUT2D eigenvalue weighted by atomic mass is 9.86. The molecule has 0 aromatic carbocycles. The number of urea groups is 1. The highest BCUT2D eigenvalue weighted by atomic mass is 16.5. The van der Waals surface area contributed by atoms with Gasteiger partial charge in [0.1, 0.15) is 0 Å². The molecule has 1 atom stereocenters. The van der Waals surface area contributed by atoms with Crippen molar-refractivity contribution in [3.05, 3.63) is 0 Å². The summed E-state index contributed by atoms with van der Waals surface area (Å²) in [6, 6.07) is 0.285. The molecule has 6 heteroatoms. The lowest BCUT2D eigenvalue weighted by Crippen LogP contribution is -2.53. The smallest absolute Gasteiger partial charge is 0.317 e. The van der Waals surface area contributed by atoms with Crippen LogP contribution in [0.2, 0.25) is 0 Å². The van der Waals surface area contributed by atoms with Crippen LogP contribution in [0.25, 0.3) is 0 Å². The quantitative estimate of drug-likeness (QED) is 0.832. The normalized spacial score (nSPS) is 30.5. The van der Waals surface area contributed by atoms with E-state index < -0.39 is 5.97 Å². The lowest BCUT2D eigenvalue weighted by Gasteiger charge is -2.41. The van der Waals surface area contributed by atoms with E-state index in [1.54, 1.807) is 0 Å². The summed E-state index contributed by atoms with van der Waals surface area (Å²) in [7, 11) is 0. The minimum absolute atomic E-state index is 0.0195. The van der Waals surface area contributed by atoms with Gasteiger partial charge in [-0.15, -0.1) is 0 Å². The molecule has 0 radical (unpaired) electrons. The Morgan fingerprint density at radius 2 is 1.87 bits per heavy atom. The summed E-state index contributed by atoms with van der Waals surface area (Å²) in [5.41, 5.74) is -0.184. The van der Waals surface area contributed by atoms with Crippen LogP contribution in [-0.2, 0) is 9.53 Å². The number of nitrogens with one attached hydrogen (secondary N) is 1. The number of carboxylic acid groups (broad SMARTS) is 1. The molecule has 1 unspecified atom stereocenters. The number of hydrogen-bond acceptors (Lipinski definition) is 3. The summed E-state index contributed by atoms with van der Waals surface area (Å²) in [4.78, 5) is 25.5. The van der Waals surface area contributed by atoms with Gasteiger partial charge in [-0.1, -0.05) is 0 Å². The molecular weight excluding hydrogens is 296 g/mol. The number of rotatable bonds is 4. The summed E-state index contributed by atoms with van der Waals surface area (Å²) >= 11 is 0. The lowest BCUT2D eigenvalue weighted by molar-refractivity contribution is -0.142. The molecule has 2 aliphatic rings. The molecule has 0 spiro atoms. The van der Waals surface area contributed by atoms with Crippen LogP contribution in [0, 0.1) is 5.92 Å². The van der Waals surface area contributed by atoms with Crippen LogP contribution in [0.15, 0.2) is 0 Å². The number of aliphatic carboxylic acids is 1. The van der Waals surface area contributed by atoms with Gasteiger partial charge >= 0.3 is 12.0 Å². The molecule has 2 N–H and O–H groups in total. The maximum absolute atomic E-state index is 12.6. The summed E-state index contributed by atoms with van der Waals surface area (Å²) in [6.45, 7) is 7.50. The Hall–Kier alpha value is -1.30. The molecule has 0 aromatic rings. The van der Waals surface area contributed by atoms with Crippen LogP contribution in [0.1, 0.15) is 59.3 Å². The predicted molar refractivity (Wildman–Crippen MR) is 87.3 cm³/mol. The molecule has 2 fully saturated rings. The van der Waals surface area contributed by atoms with Crippen molar-refractivity contribution in [1.82, 2.24) is 10.2 Å². The Morgan fingerprint density at radius 3 is 2.39 bits per heavy atom. The van der Waals surface area contributed by atoms with Crippen LogP contribution in [-0.4, -0.2) is 52.8 Å². The summed E-state index contributed by atoms with van der Waals surface area (Å²) < 4.78 is 5.74. The molecule has 0 aromatic heterocycles. The summed E-state index contributed by atoms with van der Waals surface area (Å²) in [5.74, 6) is -0.962. The van der Waals surface area contributed by atoms with Gasteiger partial charge in [-0.3, -0.25) is 4.79 Å². The number of amides is 2. The van der Waals surface area contributed by atoms with Gasteiger partial charge in [0, 0.05) is 25.2 Å². The van der Waals surface area contributed by atoms with E-state index >= 15 is 0 Å². The average Bonchev–Trinajstić information content (AvgIpc) is 2.47. The van der Waals surface area contributed by atoms with Gasteiger partial charge in [-0.2, -0.15) is 0 Å². The van der Waals surface area contributed by atoms with Crippen LogP contribution < -0.4 is 5.32 Å². The van der Waals surface area contributed by atoms with Crippen LogP contribution >= 0.6 is 0 Å². The minimum Gasteiger partial charge on any atom is -0.481 e. The molecule has 1 aliphatic heterocycles. The zero-order valence-corrected chi connectivity index (χ0v) is 14.5. The predicted octanol–water partition coefficient (Wildman–Crippen LogP) is 2.62. The first-order valence-corrected chi connectivity index (χ1v) is 8.76. The van der Waals surface area contributed by atoms with Crippen molar-refractivity contribution in [2.24, 2.45) is 5.92 Å². The van der Waals surface area contributed by atoms with Gasteiger partial charge in [-0.05, 0) is 59.3 Å². The number of carboxylic acids is 1. The highest BCUT2D eigenvalue weighted by Gasteiger charge is 2.35. The molecule has 1 saturated carbocycles. The molecule has 2 rings (SSSR count). The Kier molecular flexibility index (Phi) is 5.89. The molecule has 1 saturated heterocycles. The summed E-state index contributed by atoms with van der Waals surface area (Å²) in [6.07, 6.45) is 4.52.